The van der Waals surface area contributed by atoms with Gasteiger partial charge in [0.25, 0.3) is 5.56 Å². The molecule has 24 heavy (non-hydrogen) atoms. The summed E-state index contributed by atoms with van der Waals surface area (Å²) in [7, 11) is 0. The molecule has 1 aromatic carbocycles. The molecule has 0 aliphatic rings. The summed E-state index contributed by atoms with van der Waals surface area (Å²) in [6.45, 7) is 3.77. The first-order valence-corrected chi connectivity index (χ1v) is 7.72. The molecule has 1 aromatic heterocycles. The van der Waals surface area contributed by atoms with Crippen LogP contribution in [0.15, 0.2) is 29.1 Å². The van der Waals surface area contributed by atoms with E-state index >= 15 is 0 Å². The average molecular weight is 331 g/mol. The van der Waals surface area contributed by atoms with Crippen LogP contribution in [0.4, 0.5) is 0 Å². The minimum atomic E-state index is -1.25. The Kier molecular flexibility index (Phi) is 5.62. The van der Waals surface area contributed by atoms with Gasteiger partial charge in [0, 0.05) is 18.9 Å². The quantitative estimate of drug-likeness (QED) is 0.740. The molecule has 0 aliphatic carbocycles. The van der Waals surface area contributed by atoms with Crippen molar-refractivity contribution in [2.75, 3.05) is 6.54 Å². The zero-order valence-corrected chi connectivity index (χ0v) is 13.6. The van der Waals surface area contributed by atoms with Gasteiger partial charge in [-0.3, -0.25) is 9.59 Å². The number of carbonyl (C=O) groups is 2. The number of fused-ring (bicyclic) bond motifs is 1. The second kappa shape index (κ2) is 7.67. The molecular weight excluding hydrogens is 312 g/mol. The molecule has 0 saturated heterocycles. The van der Waals surface area contributed by atoms with Gasteiger partial charge in [0.1, 0.15) is 11.6 Å². The van der Waals surface area contributed by atoms with Gasteiger partial charge in [-0.05, 0) is 24.5 Å². The molecular formula is C16H19N4O4-. The Hall–Kier alpha value is -2.77. The Morgan fingerprint density at radius 1 is 1.29 bits per heavy atom. The van der Waals surface area contributed by atoms with Crippen molar-refractivity contribution < 1.29 is 14.7 Å². The highest BCUT2D eigenvalue weighted by Crippen LogP contribution is 2.16. The Morgan fingerprint density at radius 3 is 2.67 bits per heavy atom. The van der Waals surface area contributed by atoms with Crippen LogP contribution in [0.1, 0.15) is 32.7 Å². The zero-order valence-electron chi connectivity index (χ0n) is 13.6. The Labute approximate surface area is 138 Å². The molecule has 0 saturated carbocycles. The van der Waals surface area contributed by atoms with Crippen molar-refractivity contribution in [1.29, 1.82) is 0 Å². The van der Waals surface area contributed by atoms with Crippen molar-refractivity contribution in [2.24, 2.45) is 5.92 Å². The van der Waals surface area contributed by atoms with Crippen LogP contribution in [0, 0.1) is 5.92 Å². The lowest BCUT2D eigenvalue weighted by atomic mass is 10.0. The lowest BCUT2D eigenvalue weighted by Crippen LogP contribution is -2.41. The van der Waals surface area contributed by atoms with Crippen LogP contribution >= 0.6 is 0 Å². The maximum atomic E-state index is 12.6. The summed E-state index contributed by atoms with van der Waals surface area (Å²) in [5.74, 6) is -1.59. The van der Waals surface area contributed by atoms with E-state index in [1.54, 1.807) is 24.3 Å². The van der Waals surface area contributed by atoms with Crippen LogP contribution in [0.3, 0.4) is 0 Å². The molecule has 0 radical (unpaired) electrons. The maximum Gasteiger partial charge on any atom is 0.278 e. The van der Waals surface area contributed by atoms with Crippen molar-refractivity contribution in [3.8, 4) is 0 Å². The number of carboxylic acids is 1. The molecule has 0 spiro atoms. The van der Waals surface area contributed by atoms with E-state index in [2.05, 4.69) is 15.6 Å². The summed E-state index contributed by atoms with van der Waals surface area (Å²) in [5.41, 5.74) is 0.0562. The molecule has 0 unspecified atom stereocenters. The van der Waals surface area contributed by atoms with E-state index in [4.69, 9.17) is 0 Å². The van der Waals surface area contributed by atoms with Crippen molar-refractivity contribution in [1.82, 2.24) is 20.3 Å². The summed E-state index contributed by atoms with van der Waals surface area (Å²) in [4.78, 5) is 35.5. The van der Waals surface area contributed by atoms with Crippen molar-refractivity contribution >= 4 is 22.8 Å². The topological polar surface area (TPSA) is 117 Å². The Balaban J connectivity index is 2.34. The van der Waals surface area contributed by atoms with Gasteiger partial charge in [0.15, 0.2) is 0 Å². The minimum absolute atomic E-state index is 0.0640. The summed E-state index contributed by atoms with van der Waals surface area (Å²) in [6, 6.07) is 5.91. The van der Waals surface area contributed by atoms with Gasteiger partial charge < -0.3 is 15.2 Å². The molecule has 0 bridgehead atoms. The van der Waals surface area contributed by atoms with Crippen LogP contribution in [-0.4, -0.2) is 33.4 Å². The number of aromatic nitrogens is 3. The maximum absolute atomic E-state index is 12.6. The summed E-state index contributed by atoms with van der Waals surface area (Å²) in [5, 5.41) is 21.2. The van der Waals surface area contributed by atoms with Gasteiger partial charge in [0.2, 0.25) is 5.91 Å². The zero-order chi connectivity index (χ0) is 17.7. The number of rotatable bonds is 7. The highest BCUT2D eigenvalue weighted by Gasteiger charge is 2.24. The molecule has 1 N–H and O–H groups in total. The fourth-order valence-electron chi connectivity index (χ4n) is 2.38. The van der Waals surface area contributed by atoms with E-state index in [-0.39, 0.29) is 18.9 Å². The van der Waals surface area contributed by atoms with E-state index in [1.807, 2.05) is 13.8 Å². The predicted molar refractivity (Wildman–Crippen MR) is 84.9 cm³/mol. The summed E-state index contributed by atoms with van der Waals surface area (Å²) < 4.78 is 1.07. The third-order valence-electron chi connectivity index (χ3n) is 3.51. The summed E-state index contributed by atoms with van der Waals surface area (Å²) >= 11 is 0. The average Bonchev–Trinajstić information content (AvgIpc) is 2.53. The molecule has 0 fully saturated rings. The molecule has 8 nitrogen and oxygen atoms in total. The summed E-state index contributed by atoms with van der Waals surface area (Å²) in [6.07, 6.45) is 0.0858. The van der Waals surface area contributed by atoms with Gasteiger partial charge in [-0.2, -0.15) is 4.68 Å². The number of nitrogens with one attached hydrogen (secondary N) is 1. The number of carbonyl (C=O) groups excluding carboxylic acids is 2. The number of amides is 1. The third-order valence-corrected chi connectivity index (χ3v) is 3.51. The molecule has 128 valence electrons. The van der Waals surface area contributed by atoms with E-state index in [0.29, 0.717) is 17.3 Å². The monoisotopic (exact) mass is 331 g/mol. The number of hydrogen-bond acceptors (Lipinski definition) is 6. The standard InChI is InChI=1S/C16H20N4O4/c1-10(2)9-13(15(23)17-8-7-14(21)22)20-16(24)11-5-3-4-6-12(11)18-19-20/h3-6,10,13H,7-9H2,1-2H3,(H,17,23)(H,21,22)/p-1/t13-/m1/s1. The highest BCUT2D eigenvalue weighted by molar-refractivity contribution is 5.81. The lowest BCUT2D eigenvalue weighted by Gasteiger charge is -2.19. The number of aliphatic carboxylic acids is 1. The van der Waals surface area contributed by atoms with E-state index in [0.717, 1.165) is 4.68 Å². The number of benzene rings is 1. The fraction of sp³-hybridized carbons (Fsp3) is 0.438. The van der Waals surface area contributed by atoms with Crippen LogP contribution < -0.4 is 16.0 Å². The van der Waals surface area contributed by atoms with Crippen LogP contribution in [0.2, 0.25) is 0 Å². The number of carboxylic acid groups (broad SMARTS) is 1. The smallest absolute Gasteiger partial charge is 0.278 e. The lowest BCUT2D eigenvalue weighted by molar-refractivity contribution is -0.305. The third kappa shape index (κ3) is 4.15. The van der Waals surface area contributed by atoms with Gasteiger partial charge in [-0.15, -0.1) is 5.10 Å². The van der Waals surface area contributed by atoms with E-state index in [9.17, 15) is 19.5 Å². The van der Waals surface area contributed by atoms with Gasteiger partial charge in [-0.25, -0.2) is 0 Å². The molecule has 1 atom stereocenters. The second-order valence-electron chi connectivity index (χ2n) is 5.91. The minimum Gasteiger partial charge on any atom is -0.550 e. The number of hydrogen-bond donors (Lipinski definition) is 1. The Morgan fingerprint density at radius 2 is 2.00 bits per heavy atom. The number of nitrogens with zero attached hydrogens (tertiary/aromatic N) is 3. The van der Waals surface area contributed by atoms with Crippen molar-refractivity contribution in [3.05, 3.63) is 34.6 Å². The normalized spacial score (nSPS) is 12.3. The highest BCUT2D eigenvalue weighted by atomic mass is 16.4. The molecule has 0 aliphatic heterocycles. The molecule has 2 aromatic rings. The molecule has 8 heteroatoms. The predicted octanol–water partition coefficient (Wildman–Crippen LogP) is -0.365. The first kappa shape index (κ1) is 17.6. The van der Waals surface area contributed by atoms with E-state index in [1.165, 1.54) is 0 Å². The molecule has 2 rings (SSSR count). The van der Waals surface area contributed by atoms with Gasteiger partial charge in [0.05, 0.1) is 5.39 Å². The first-order valence-electron chi connectivity index (χ1n) is 7.72. The van der Waals surface area contributed by atoms with Crippen molar-refractivity contribution in [3.63, 3.8) is 0 Å². The second-order valence-corrected chi connectivity index (χ2v) is 5.91. The van der Waals surface area contributed by atoms with Gasteiger partial charge in [-0.1, -0.05) is 31.2 Å². The van der Waals surface area contributed by atoms with Crippen LogP contribution in [0.25, 0.3) is 10.9 Å². The van der Waals surface area contributed by atoms with Crippen LogP contribution in [0.5, 0.6) is 0 Å². The van der Waals surface area contributed by atoms with E-state index < -0.39 is 23.5 Å². The molecule has 1 heterocycles. The first-order chi connectivity index (χ1) is 11.4. The van der Waals surface area contributed by atoms with Crippen LogP contribution in [-0.2, 0) is 9.59 Å². The SMILES string of the molecule is CC(C)C[C@H](C(=O)NCCC(=O)[O-])n1nnc2ccccc2c1=O. The Bertz CT molecular complexity index is 800. The molecule has 1 amide bonds. The largest absolute Gasteiger partial charge is 0.550 e. The van der Waals surface area contributed by atoms with Gasteiger partial charge >= 0.3 is 0 Å². The van der Waals surface area contributed by atoms with Crippen molar-refractivity contribution in [2.45, 2.75) is 32.7 Å². The fourth-order valence-corrected chi connectivity index (χ4v) is 2.38.